The van der Waals surface area contributed by atoms with E-state index in [4.69, 9.17) is 15.6 Å². The van der Waals surface area contributed by atoms with Crippen molar-refractivity contribution in [1.29, 1.82) is 0 Å². The van der Waals surface area contributed by atoms with Crippen molar-refractivity contribution in [3.05, 3.63) is 65.2 Å². The minimum Gasteiger partial charge on any atom is -0.459 e. The highest BCUT2D eigenvalue weighted by molar-refractivity contribution is 5.90. The number of rotatable bonds is 11. The predicted molar refractivity (Wildman–Crippen MR) is 132 cm³/mol. The van der Waals surface area contributed by atoms with Gasteiger partial charge in [0.25, 0.3) is 0 Å². The van der Waals surface area contributed by atoms with Crippen LogP contribution in [0.5, 0.6) is 0 Å². The maximum Gasteiger partial charge on any atom is 0.338 e. The number of nitrogens with zero attached hydrogens (tertiary/aromatic N) is 1. The van der Waals surface area contributed by atoms with Gasteiger partial charge in [0.05, 0.1) is 18.1 Å². The highest BCUT2D eigenvalue weighted by atomic mass is 16.5. The fraction of sp³-hybridized carbons (Fsp3) is 0.481. The van der Waals surface area contributed by atoms with Crippen LogP contribution in [0, 0.1) is 0 Å². The van der Waals surface area contributed by atoms with Gasteiger partial charge in [0.15, 0.2) is 0 Å². The molecule has 1 heterocycles. The molecule has 0 bridgehead atoms. The van der Waals surface area contributed by atoms with E-state index in [9.17, 15) is 14.7 Å². The summed E-state index contributed by atoms with van der Waals surface area (Å²) in [5, 5.41) is 18.3. The Morgan fingerprint density at radius 1 is 1.06 bits per heavy atom. The first-order valence-corrected chi connectivity index (χ1v) is 12.2. The van der Waals surface area contributed by atoms with Crippen molar-refractivity contribution >= 4 is 17.6 Å². The second-order valence-corrected chi connectivity index (χ2v) is 8.94. The molecular weight excluding hydrogens is 432 g/mol. The molecule has 1 fully saturated rings. The summed E-state index contributed by atoms with van der Waals surface area (Å²) < 4.78 is 5.02. The lowest BCUT2D eigenvalue weighted by Crippen LogP contribution is -2.32. The third-order valence-electron chi connectivity index (χ3n) is 6.46. The number of primary amides is 1. The number of carbonyl (C=O) groups excluding carboxylic acids is 2. The molecule has 3 rings (SSSR count). The van der Waals surface area contributed by atoms with E-state index in [1.54, 1.807) is 24.3 Å². The molecule has 2 aromatic carbocycles. The van der Waals surface area contributed by atoms with E-state index in [0.717, 1.165) is 37.1 Å². The molecule has 34 heavy (non-hydrogen) atoms. The quantitative estimate of drug-likeness (QED) is 0.436. The topological polar surface area (TPSA) is 113 Å². The van der Waals surface area contributed by atoms with Gasteiger partial charge in [-0.25, -0.2) is 4.79 Å². The van der Waals surface area contributed by atoms with Gasteiger partial charge in [0.1, 0.15) is 12.7 Å². The molecule has 0 saturated carbocycles. The van der Waals surface area contributed by atoms with Gasteiger partial charge in [-0.15, -0.1) is 0 Å². The van der Waals surface area contributed by atoms with Crippen molar-refractivity contribution in [2.24, 2.45) is 5.73 Å². The van der Waals surface area contributed by atoms with Gasteiger partial charge in [-0.05, 0) is 55.0 Å². The molecule has 7 heteroatoms. The highest BCUT2D eigenvalue weighted by Gasteiger charge is 2.32. The number of ether oxygens (including phenoxy) is 1. The Hall–Kier alpha value is -2.90. The van der Waals surface area contributed by atoms with Crippen molar-refractivity contribution in [2.75, 3.05) is 31.2 Å². The zero-order valence-corrected chi connectivity index (χ0v) is 19.9. The number of aliphatic hydroxyl groups excluding tert-OH is 2. The number of piperidine rings is 1. The Balaban J connectivity index is 1.89. The number of hydrogen-bond donors (Lipinski definition) is 3. The number of esters is 1. The summed E-state index contributed by atoms with van der Waals surface area (Å²) >= 11 is 0. The third-order valence-corrected chi connectivity index (χ3v) is 6.46. The molecule has 0 radical (unpaired) electrons. The largest absolute Gasteiger partial charge is 0.459 e. The number of nitrogens with two attached hydrogens (primary N) is 1. The lowest BCUT2D eigenvalue weighted by Gasteiger charge is -2.34. The van der Waals surface area contributed by atoms with Crippen LogP contribution in [-0.2, 0) is 9.53 Å². The highest BCUT2D eigenvalue weighted by Crippen LogP contribution is 2.41. The third kappa shape index (κ3) is 6.36. The van der Waals surface area contributed by atoms with Crippen LogP contribution in [0.1, 0.15) is 72.3 Å². The molecule has 0 aliphatic carbocycles. The molecule has 2 aromatic rings. The molecule has 0 spiro atoms. The normalized spacial score (nSPS) is 16.5. The fourth-order valence-electron chi connectivity index (χ4n) is 4.77. The standard InChI is InChI=1S/C27H36N2O5/c1-2-8-23(22-9-4-5-10-24(22)29-15-6-3-7-16-29)25(26(28)32)19-11-13-20(14-12-19)27(33)34-18-21(31)17-30/h4-5,9-14,21,23,25,30-31H,2-3,6-8,15-18H2,1H3,(H2,28,32). The predicted octanol–water partition coefficient (Wildman–Crippen LogP) is 3.34. The maximum atomic E-state index is 12.8. The second-order valence-electron chi connectivity index (χ2n) is 8.94. The lowest BCUT2D eigenvalue weighted by molar-refractivity contribution is -0.120. The number of benzene rings is 2. The summed E-state index contributed by atoms with van der Waals surface area (Å²) in [5.74, 6) is -1.62. The number of anilines is 1. The number of amides is 1. The first-order valence-electron chi connectivity index (χ1n) is 12.2. The smallest absolute Gasteiger partial charge is 0.338 e. The van der Waals surface area contributed by atoms with E-state index in [1.807, 2.05) is 12.1 Å². The van der Waals surface area contributed by atoms with E-state index >= 15 is 0 Å². The minimum absolute atomic E-state index is 0.0851. The Morgan fingerprint density at radius 2 is 1.74 bits per heavy atom. The average molecular weight is 469 g/mol. The summed E-state index contributed by atoms with van der Waals surface area (Å²) in [6.45, 7) is 3.36. The maximum absolute atomic E-state index is 12.8. The molecule has 184 valence electrons. The SMILES string of the molecule is CCCC(c1ccccc1N1CCCCC1)C(C(N)=O)c1ccc(C(=O)OCC(O)CO)cc1. The fourth-order valence-corrected chi connectivity index (χ4v) is 4.77. The van der Waals surface area contributed by atoms with Crippen LogP contribution in [0.4, 0.5) is 5.69 Å². The van der Waals surface area contributed by atoms with Crippen LogP contribution < -0.4 is 10.6 Å². The van der Waals surface area contributed by atoms with E-state index < -0.39 is 30.5 Å². The van der Waals surface area contributed by atoms with Gasteiger partial charge >= 0.3 is 5.97 Å². The molecule has 1 saturated heterocycles. The van der Waals surface area contributed by atoms with E-state index in [1.165, 1.54) is 24.9 Å². The van der Waals surface area contributed by atoms with Crippen molar-refractivity contribution in [3.8, 4) is 0 Å². The van der Waals surface area contributed by atoms with Crippen molar-refractivity contribution in [2.45, 2.75) is 57.0 Å². The average Bonchev–Trinajstić information content (AvgIpc) is 2.87. The molecule has 3 unspecified atom stereocenters. The van der Waals surface area contributed by atoms with Gasteiger partial charge in [-0.2, -0.15) is 0 Å². The number of hydrogen-bond acceptors (Lipinski definition) is 6. The summed E-state index contributed by atoms with van der Waals surface area (Å²) in [6.07, 6.45) is 4.17. The number of aliphatic hydroxyl groups is 2. The molecule has 1 amide bonds. The first-order chi connectivity index (χ1) is 16.5. The van der Waals surface area contributed by atoms with Gasteiger partial charge in [-0.1, -0.05) is 43.7 Å². The zero-order valence-electron chi connectivity index (χ0n) is 19.9. The van der Waals surface area contributed by atoms with Crippen molar-refractivity contribution in [1.82, 2.24) is 0 Å². The van der Waals surface area contributed by atoms with Crippen molar-refractivity contribution < 1.29 is 24.5 Å². The summed E-state index contributed by atoms with van der Waals surface area (Å²) in [7, 11) is 0. The number of para-hydroxylation sites is 1. The summed E-state index contributed by atoms with van der Waals surface area (Å²) in [6, 6.07) is 15.0. The molecule has 0 aromatic heterocycles. The molecular formula is C27H36N2O5. The minimum atomic E-state index is -1.11. The van der Waals surface area contributed by atoms with Gasteiger partial charge in [-0.3, -0.25) is 4.79 Å². The Morgan fingerprint density at radius 3 is 2.35 bits per heavy atom. The Labute approximate surface area is 201 Å². The summed E-state index contributed by atoms with van der Waals surface area (Å²) in [5.41, 5.74) is 9.33. The van der Waals surface area contributed by atoms with Crippen LogP contribution in [-0.4, -0.2) is 54.5 Å². The van der Waals surface area contributed by atoms with Gasteiger partial charge in [0, 0.05) is 24.7 Å². The molecule has 4 N–H and O–H groups in total. The monoisotopic (exact) mass is 468 g/mol. The summed E-state index contributed by atoms with van der Waals surface area (Å²) in [4.78, 5) is 27.4. The van der Waals surface area contributed by atoms with Crippen LogP contribution >= 0.6 is 0 Å². The lowest BCUT2D eigenvalue weighted by atomic mass is 9.77. The van der Waals surface area contributed by atoms with E-state index in [0.29, 0.717) is 5.56 Å². The van der Waals surface area contributed by atoms with Gasteiger partial charge < -0.3 is 25.6 Å². The van der Waals surface area contributed by atoms with Crippen molar-refractivity contribution in [3.63, 3.8) is 0 Å². The Kier molecular flexibility index (Phi) is 9.48. The van der Waals surface area contributed by atoms with E-state index in [2.05, 4.69) is 24.0 Å². The molecule has 1 aliphatic rings. The zero-order chi connectivity index (χ0) is 24.5. The molecule has 7 nitrogen and oxygen atoms in total. The van der Waals surface area contributed by atoms with Crippen LogP contribution in [0.15, 0.2) is 48.5 Å². The van der Waals surface area contributed by atoms with Crippen LogP contribution in [0.25, 0.3) is 0 Å². The first kappa shape index (κ1) is 25.7. The molecule has 3 atom stereocenters. The van der Waals surface area contributed by atoms with Crippen LogP contribution in [0.3, 0.4) is 0 Å². The van der Waals surface area contributed by atoms with Crippen LogP contribution in [0.2, 0.25) is 0 Å². The molecule has 1 aliphatic heterocycles. The van der Waals surface area contributed by atoms with Gasteiger partial charge in [0.2, 0.25) is 5.91 Å². The number of carbonyl (C=O) groups is 2. The Bertz CT molecular complexity index is 940. The van der Waals surface area contributed by atoms with E-state index in [-0.39, 0.29) is 12.5 Å². The second kappa shape index (κ2) is 12.5.